The fourth-order valence-corrected chi connectivity index (χ4v) is 6.49. The number of benzene rings is 3. The molecule has 0 aliphatic heterocycles. The van der Waals surface area contributed by atoms with Gasteiger partial charge in [0.1, 0.15) is 12.6 Å². The second kappa shape index (κ2) is 13.3. The van der Waals surface area contributed by atoms with Crippen molar-refractivity contribution in [3.8, 4) is 0 Å². The van der Waals surface area contributed by atoms with Crippen LogP contribution in [0.1, 0.15) is 50.8 Å². The SMILES string of the molecule is CC[C@H](C(=O)NC(C)(C)C)N(Cc1ccc(Cl)cc1Cl)C(=O)CN(c1ccc(C)cc1C)S(=O)(=O)c1ccccc1. The molecule has 41 heavy (non-hydrogen) atoms. The van der Waals surface area contributed by atoms with Crippen molar-refractivity contribution in [1.29, 1.82) is 0 Å². The Morgan fingerprint density at radius 3 is 2.17 bits per heavy atom. The van der Waals surface area contributed by atoms with Gasteiger partial charge >= 0.3 is 0 Å². The van der Waals surface area contributed by atoms with Crippen molar-refractivity contribution in [3.63, 3.8) is 0 Å². The molecule has 0 spiro atoms. The van der Waals surface area contributed by atoms with Crippen LogP contribution in [0.15, 0.2) is 71.6 Å². The molecule has 1 atom stereocenters. The van der Waals surface area contributed by atoms with Gasteiger partial charge in [-0.1, -0.05) is 72.1 Å². The maximum Gasteiger partial charge on any atom is 0.264 e. The van der Waals surface area contributed by atoms with Crippen LogP contribution in [0.3, 0.4) is 0 Å². The van der Waals surface area contributed by atoms with Crippen molar-refractivity contribution in [2.24, 2.45) is 0 Å². The first-order valence-electron chi connectivity index (χ1n) is 13.3. The number of nitrogens with one attached hydrogen (secondary N) is 1. The summed E-state index contributed by atoms with van der Waals surface area (Å²) in [6, 6.07) is 17.4. The summed E-state index contributed by atoms with van der Waals surface area (Å²) in [5, 5.41) is 3.72. The number of carbonyl (C=O) groups is 2. The molecule has 2 amide bonds. The quantitative estimate of drug-likeness (QED) is 0.280. The lowest BCUT2D eigenvalue weighted by molar-refractivity contribution is -0.141. The number of sulfonamides is 1. The summed E-state index contributed by atoms with van der Waals surface area (Å²) in [4.78, 5) is 29.1. The number of hydrogen-bond donors (Lipinski definition) is 1. The molecule has 0 saturated heterocycles. The summed E-state index contributed by atoms with van der Waals surface area (Å²) < 4.78 is 29.1. The molecule has 220 valence electrons. The van der Waals surface area contributed by atoms with Crippen LogP contribution in [0.2, 0.25) is 10.0 Å². The first-order chi connectivity index (χ1) is 19.1. The molecular formula is C31H37Cl2N3O4S. The zero-order valence-corrected chi connectivity index (χ0v) is 26.6. The number of rotatable bonds is 10. The number of halogens is 2. The van der Waals surface area contributed by atoms with Crippen LogP contribution >= 0.6 is 23.2 Å². The van der Waals surface area contributed by atoms with E-state index >= 15 is 0 Å². The van der Waals surface area contributed by atoms with E-state index in [1.165, 1.54) is 17.0 Å². The standard InChI is InChI=1S/C31H37Cl2N3O4S/c1-7-27(30(38)34-31(4,5)6)35(19-23-14-15-24(32)18-26(23)33)29(37)20-36(28-16-13-21(2)17-22(28)3)41(39,40)25-11-9-8-10-12-25/h8-18,27H,7,19-20H2,1-6H3,(H,34,38)/t27-/m1/s1. The van der Waals surface area contributed by atoms with E-state index in [2.05, 4.69) is 5.32 Å². The molecule has 0 aliphatic carbocycles. The van der Waals surface area contributed by atoms with Crippen LogP contribution in [0.5, 0.6) is 0 Å². The minimum absolute atomic E-state index is 0.0169. The van der Waals surface area contributed by atoms with E-state index in [0.29, 0.717) is 33.3 Å². The number of carbonyl (C=O) groups excluding carboxylic acids is 2. The molecule has 10 heteroatoms. The molecule has 0 saturated carbocycles. The van der Waals surface area contributed by atoms with Gasteiger partial charge in [0, 0.05) is 22.1 Å². The van der Waals surface area contributed by atoms with Crippen LogP contribution in [0.4, 0.5) is 5.69 Å². The lowest BCUT2D eigenvalue weighted by Gasteiger charge is -2.35. The predicted molar refractivity (Wildman–Crippen MR) is 166 cm³/mol. The van der Waals surface area contributed by atoms with Crippen molar-refractivity contribution >= 4 is 50.7 Å². The Bertz CT molecular complexity index is 1510. The Labute approximate surface area is 253 Å². The molecular weight excluding hydrogens is 581 g/mol. The molecule has 0 fully saturated rings. The van der Waals surface area contributed by atoms with Crippen molar-refractivity contribution in [1.82, 2.24) is 10.2 Å². The fourth-order valence-electron chi connectivity index (χ4n) is 4.52. The summed E-state index contributed by atoms with van der Waals surface area (Å²) in [5.74, 6) is -0.895. The Morgan fingerprint density at radius 1 is 0.951 bits per heavy atom. The van der Waals surface area contributed by atoms with Crippen LogP contribution in [0, 0.1) is 13.8 Å². The van der Waals surface area contributed by atoms with Gasteiger partial charge in [-0.3, -0.25) is 13.9 Å². The second-order valence-corrected chi connectivity index (χ2v) is 13.7. The van der Waals surface area contributed by atoms with E-state index in [4.69, 9.17) is 23.2 Å². The number of amides is 2. The topological polar surface area (TPSA) is 86.8 Å². The monoisotopic (exact) mass is 617 g/mol. The summed E-state index contributed by atoms with van der Waals surface area (Å²) in [7, 11) is -4.14. The average molecular weight is 619 g/mol. The Balaban J connectivity index is 2.12. The van der Waals surface area contributed by atoms with Crippen molar-refractivity contribution in [3.05, 3.63) is 93.5 Å². The Kier molecular flexibility index (Phi) is 10.5. The zero-order chi connectivity index (χ0) is 30.5. The Hall–Kier alpha value is -3.07. The third-order valence-corrected chi connectivity index (χ3v) is 8.83. The highest BCUT2D eigenvalue weighted by Crippen LogP contribution is 2.29. The highest BCUT2D eigenvalue weighted by molar-refractivity contribution is 7.92. The highest BCUT2D eigenvalue weighted by Gasteiger charge is 2.35. The molecule has 3 rings (SSSR count). The van der Waals surface area contributed by atoms with Gasteiger partial charge in [-0.2, -0.15) is 0 Å². The van der Waals surface area contributed by atoms with E-state index in [1.807, 2.05) is 33.8 Å². The molecule has 7 nitrogen and oxygen atoms in total. The van der Waals surface area contributed by atoms with Crippen LogP contribution in [0.25, 0.3) is 0 Å². The molecule has 0 bridgehead atoms. The molecule has 0 radical (unpaired) electrons. The van der Waals surface area contributed by atoms with E-state index in [9.17, 15) is 18.0 Å². The average Bonchev–Trinajstić information content (AvgIpc) is 2.88. The first kappa shape index (κ1) is 32.4. The summed E-state index contributed by atoms with van der Waals surface area (Å²) >= 11 is 12.6. The third-order valence-electron chi connectivity index (χ3n) is 6.47. The van der Waals surface area contributed by atoms with Gasteiger partial charge in [0.05, 0.1) is 10.6 Å². The zero-order valence-electron chi connectivity index (χ0n) is 24.2. The summed E-state index contributed by atoms with van der Waals surface area (Å²) in [5.41, 5.74) is 2.07. The van der Waals surface area contributed by atoms with Gasteiger partial charge in [0.15, 0.2) is 0 Å². The number of hydrogen-bond acceptors (Lipinski definition) is 4. The second-order valence-electron chi connectivity index (χ2n) is 11.0. The van der Waals surface area contributed by atoms with E-state index in [0.717, 1.165) is 9.87 Å². The van der Waals surface area contributed by atoms with E-state index < -0.39 is 34.1 Å². The fraction of sp³-hybridized carbons (Fsp3) is 0.355. The van der Waals surface area contributed by atoms with Gasteiger partial charge in [-0.15, -0.1) is 0 Å². The lowest BCUT2D eigenvalue weighted by atomic mass is 10.1. The number of aryl methyl sites for hydroxylation is 2. The Morgan fingerprint density at radius 2 is 1.61 bits per heavy atom. The number of anilines is 1. The van der Waals surface area contributed by atoms with Crippen LogP contribution in [-0.4, -0.2) is 43.3 Å². The minimum atomic E-state index is -4.14. The number of nitrogens with zero attached hydrogens (tertiary/aromatic N) is 2. The van der Waals surface area contributed by atoms with Gasteiger partial charge in [0.2, 0.25) is 11.8 Å². The van der Waals surface area contributed by atoms with Crippen molar-refractivity contribution in [2.45, 2.75) is 71.0 Å². The normalized spacial score (nSPS) is 12.5. The molecule has 3 aromatic rings. The highest BCUT2D eigenvalue weighted by atomic mass is 35.5. The van der Waals surface area contributed by atoms with Crippen LogP contribution < -0.4 is 9.62 Å². The minimum Gasteiger partial charge on any atom is -0.350 e. The van der Waals surface area contributed by atoms with Gasteiger partial charge in [-0.05, 0) is 82.5 Å². The van der Waals surface area contributed by atoms with E-state index in [-0.39, 0.29) is 17.3 Å². The van der Waals surface area contributed by atoms with Crippen molar-refractivity contribution in [2.75, 3.05) is 10.8 Å². The predicted octanol–water partition coefficient (Wildman–Crippen LogP) is 6.53. The first-order valence-corrected chi connectivity index (χ1v) is 15.5. The van der Waals surface area contributed by atoms with Crippen LogP contribution in [-0.2, 0) is 26.2 Å². The summed E-state index contributed by atoms with van der Waals surface area (Å²) in [6.07, 6.45) is 0.299. The summed E-state index contributed by atoms with van der Waals surface area (Å²) in [6.45, 7) is 10.5. The molecule has 3 aromatic carbocycles. The molecule has 0 heterocycles. The molecule has 0 unspecified atom stereocenters. The van der Waals surface area contributed by atoms with Crippen molar-refractivity contribution < 1.29 is 18.0 Å². The third kappa shape index (κ3) is 8.24. The van der Waals surface area contributed by atoms with Gasteiger partial charge in [0.25, 0.3) is 10.0 Å². The van der Waals surface area contributed by atoms with E-state index in [1.54, 1.807) is 62.4 Å². The maximum atomic E-state index is 14.2. The molecule has 0 aromatic heterocycles. The molecule has 0 aliphatic rings. The largest absolute Gasteiger partial charge is 0.350 e. The molecule has 1 N–H and O–H groups in total. The smallest absolute Gasteiger partial charge is 0.264 e. The lowest BCUT2D eigenvalue weighted by Crippen LogP contribution is -2.55. The maximum absolute atomic E-state index is 14.2. The van der Waals surface area contributed by atoms with Gasteiger partial charge < -0.3 is 10.2 Å². The van der Waals surface area contributed by atoms with Gasteiger partial charge in [-0.25, -0.2) is 8.42 Å².